The molecule has 2 N–H and O–H groups in total. The van der Waals surface area contributed by atoms with Gasteiger partial charge in [-0.1, -0.05) is 15.9 Å². The van der Waals surface area contributed by atoms with Gasteiger partial charge in [0, 0.05) is 15.8 Å². The molecule has 20 heavy (non-hydrogen) atoms. The molecule has 0 aliphatic carbocycles. The monoisotopic (exact) mass is 354 g/mol. The highest BCUT2D eigenvalue weighted by Gasteiger charge is 2.09. The van der Waals surface area contributed by atoms with Crippen LogP contribution < -0.4 is 10.5 Å². The van der Waals surface area contributed by atoms with E-state index in [-0.39, 0.29) is 0 Å². The van der Waals surface area contributed by atoms with Gasteiger partial charge in [-0.15, -0.1) is 11.3 Å². The van der Waals surface area contributed by atoms with Gasteiger partial charge in [0.25, 0.3) is 0 Å². The van der Waals surface area contributed by atoms with Gasteiger partial charge >= 0.3 is 0 Å². The van der Waals surface area contributed by atoms with E-state index in [9.17, 15) is 0 Å². The van der Waals surface area contributed by atoms with E-state index in [0.29, 0.717) is 13.2 Å². The third-order valence-corrected chi connectivity index (χ3v) is 4.60. The molecule has 1 aromatic heterocycles. The number of hydrogen-bond donors (Lipinski definition) is 1. The Morgan fingerprint density at radius 1 is 1.30 bits per heavy atom. The number of ether oxygens (including phenoxy) is 1. The Bertz CT molecular complexity index is 583. The maximum absolute atomic E-state index is 6.01. The minimum Gasteiger partial charge on any atom is -0.493 e. The molecule has 2 rings (SSSR count). The molecule has 0 amide bonds. The first-order valence-corrected chi connectivity index (χ1v) is 8.30. The van der Waals surface area contributed by atoms with Crippen LogP contribution in [-0.2, 0) is 12.8 Å². The smallest absolute Gasteiger partial charge is 0.125 e. The molecule has 1 aromatic carbocycles. The Labute approximate surface area is 132 Å². The van der Waals surface area contributed by atoms with Crippen molar-refractivity contribution in [3.8, 4) is 5.75 Å². The van der Waals surface area contributed by atoms with Crippen LogP contribution in [0.25, 0.3) is 0 Å². The first-order chi connectivity index (χ1) is 9.61. The molecule has 0 saturated heterocycles. The molecule has 2 aromatic rings. The fraction of sp³-hybridized carbons (Fsp3) is 0.400. The van der Waals surface area contributed by atoms with Gasteiger partial charge in [-0.25, -0.2) is 4.98 Å². The van der Waals surface area contributed by atoms with Crippen LogP contribution in [-0.4, -0.2) is 18.1 Å². The number of aromatic nitrogens is 1. The molecule has 0 bridgehead atoms. The number of nitrogens with zero attached hydrogens (tertiary/aromatic N) is 1. The van der Waals surface area contributed by atoms with Crippen molar-refractivity contribution >= 4 is 27.3 Å². The van der Waals surface area contributed by atoms with Gasteiger partial charge in [0.2, 0.25) is 0 Å². The zero-order valence-corrected chi connectivity index (χ0v) is 14.2. The van der Waals surface area contributed by atoms with E-state index < -0.39 is 0 Å². The van der Waals surface area contributed by atoms with Crippen LogP contribution in [0.15, 0.2) is 22.1 Å². The van der Waals surface area contributed by atoms with Crippen molar-refractivity contribution in [2.45, 2.75) is 26.7 Å². The van der Waals surface area contributed by atoms with Gasteiger partial charge in [-0.05, 0) is 50.1 Å². The highest BCUT2D eigenvalue weighted by molar-refractivity contribution is 9.10. The van der Waals surface area contributed by atoms with Crippen LogP contribution in [0.3, 0.4) is 0 Å². The summed E-state index contributed by atoms with van der Waals surface area (Å²) in [7, 11) is 0. The van der Waals surface area contributed by atoms with Gasteiger partial charge in [0.1, 0.15) is 5.75 Å². The average Bonchev–Trinajstić information content (AvgIpc) is 2.78. The van der Waals surface area contributed by atoms with Crippen molar-refractivity contribution in [2.24, 2.45) is 5.73 Å². The third-order valence-electron chi connectivity index (χ3n) is 3.15. The van der Waals surface area contributed by atoms with Gasteiger partial charge in [-0.3, -0.25) is 0 Å². The number of thiazole rings is 1. The number of nitrogens with two attached hydrogens (primary N) is 1. The maximum atomic E-state index is 6.01. The van der Waals surface area contributed by atoms with Crippen molar-refractivity contribution in [3.05, 3.63) is 43.8 Å². The van der Waals surface area contributed by atoms with Crippen LogP contribution in [0.1, 0.15) is 21.7 Å². The Kier molecular flexibility index (Phi) is 5.57. The zero-order chi connectivity index (χ0) is 14.5. The lowest BCUT2D eigenvalue weighted by molar-refractivity contribution is 0.317. The summed E-state index contributed by atoms with van der Waals surface area (Å²) >= 11 is 5.21. The Morgan fingerprint density at radius 2 is 2.10 bits per heavy atom. The molecule has 0 fully saturated rings. The molecule has 0 saturated carbocycles. The molecule has 0 aliphatic rings. The minimum absolute atomic E-state index is 0.625. The molecular weight excluding hydrogens is 336 g/mol. The van der Waals surface area contributed by atoms with Gasteiger partial charge < -0.3 is 10.5 Å². The molecule has 0 atom stereocenters. The van der Waals surface area contributed by atoms with E-state index >= 15 is 0 Å². The topological polar surface area (TPSA) is 48.1 Å². The van der Waals surface area contributed by atoms with E-state index in [2.05, 4.69) is 40.0 Å². The molecule has 5 heteroatoms. The number of halogens is 1. The molecule has 0 radical (unpaired) electrons. The second-order valence-electron chi connectivity index (χ2n) is 4.71. The maximum Gasteiger partial charge on any atom is 0.125 e. The lowest BCUT2D eigenvalue weighted by atomic mass is 10.1. The van der Waals surface area contributed by atoms with Crippen molar-refractivity contribution in [3.63, 3.8) is 0 Å². The van der Waals surface area contributed by atoms with Gasteiger partial charge in [-0.2, -0.15) is 0 Å². The lowest BCUT2D eigenvalue weighted by Crippen LogP contribution is -2.08. The standard InChI is InChI=1S/C15H19BrN2OS/c1-10-7-13(16)8-12(3-5-17)15(10)19-6-4-14-11(2)18-9-20-14/h7-9H,3-6,17H2,1-2H3. The van der Waals surface area contributed by atoms with Crippen molar-refractivity contribution in [1.82, 2.24) is 4.98 Å². The minimum atomic E-state index is 0.625. The molecule has 0 aliphatic heterocycles. The van der Waals surface area contributed by atoms with Crippen molar-refractivity contribution in [2.75, 3.05) is 13.2 Å². The van der Waals surface area contributed by atoms with Gasteiger partial charge in [0.05, 0.1) is 17.8 Å². The summed E-state index contributed by atoms with van der Waals surface area (Å²) < 4.78 is 7.08. The Morgan fingerprint density at radius 3 is 2.75 bits per heavy atom. The first kappa shape index (κ1) is 15.5. The summed E-state index contributed by atoms with van der Waals surface area (Å²) in [4.78, 5) is 5.55. The highest BCUT2D eigenvalue weighted by atomic mass is 79.9. The zero-order valence-electron chi connectivity index (χ0n) is 11.8. The van der Waals surface area contributed by atoms with E-state index in [0.717, 1.165) is 34.3 Å². The molecule has 0 spiro atoms. The summed E-state index contributed by atoms with van der Waals surface area (Å²) in [6.07, 6.45) is 1.73. The van der Waals surface area contributed by atoms with Crippen LogP contribution in [0, 0.1) is 13.8 Å². The van der Waals surface area contributed by atoms with Crippen molar-refractivity contribution < 1.29 is 4.74 Å². The van der Waals surface area contributed by atoms with Crippen LogP contribution >= 0.6 is 27.3 Å². The summed E-state index contributed by atoms with van der Waals surface area (Å²) in [6, 6.07) is 4.17. The normalized spacial score (nSPS) is 10.8. The largest absolute Gasteiger partial charge is 0.493 e. The predicted molar refractivity (Wildman–Crippen MR) is 87.7 cm³/mol. The Balaban J connectivity index is 2.06. The summed E-state index contributed by atoms with van der Waals surface area (Å²) in [5, 5.41) is 0. The SMILES string of the molecule is Cc1cc(Br)cc(CCN)c1OCCc1scnc1C. The number of benzene rings is 1. The summed E-state index contributed by atoms with van der Waals surface area (Å²) in [6.45, 7) is 5.40. The van der Waals surface area contributed by atoms with E-state index in [1.807, 2.05) is 12.4 Å². The van der Waals surface area contributed by atoms with E-state index in [1.54, 1.807) is 11.3 Å². The fourth-order valence-corrected chi connectivity index (χ4v) is 3.54. The van der Waals surface area contributed by atoms with Crippen molar-refractivity contribution in [1.29, 1.82) is 0 Å². The molecule has 0 unspecified atom stereocenters. The molecule has 3 nitrogen and oxygen atoms in total. The first-order valence-electron chi connectivity index (χ1n) is 6.62. The van der Waals surface area contributed by atoms with Crippen LogP contribution in [0.2, 0.25) is 0 Å². The van der Waals surface area contributed by atoms with Gasteiger partial charge in [0.15, 0.2) is 0 Å². The second-order valence-corrected chi connectivity index (χ2v) is 6.56. The quantitative estimate of drug-likeness (QED) is 0.861. The molecule has 108 valence electrons. The highest BCUT2D eigenvalue weighted by Crippen LogP contribution is 2.28. The van der Waals surface area contributed by atoms with E-state index in [1.165, 1.54) is 10.4 Å². The second kappa shape index (κ2) is 7.20. The predicted octanol–water partition coefficient (Wildman–Crippen LogP) is 3.65. The number of aryl methyl sites for hydroxylation is 2. The summed E-state index contributed by atoms with van der Waals surface area (Å²) in [5.41, 5.74) is 11.0. The molecular formula is C15H19BrN2OS. The van der Waals surface area contributed by atoms with Crippen LogP contribution in [0.4, 0.5) is 0 Å². The average molecular weight is 355 g/mol. The summed E-state index contributed by atoms with van der Waals surface area (Å²) in [5.74, 6) is 0.973. The van der Waals surface area contributed by atoms with Crippen LogP contribution in [0.5, 0.6) is 5.75 Å². The number of rotatable bonds is 6. The molecule has 1 heterocycles. The number of hydrogen-bond acceptors (Lipinski definition) is 4. The lowest BCUT2D eigenvalue weighted by Gasteiger charge is -2.14. The van der Waals surface area contributed by atoms with E-state index in [4.69, 9.17) is 10.5 Å². The fourth-order valence-electron chi connectivity index (χ4n) is 2.16. The Hall–Kier alpha value is -0.910. The third kappa shape index (κ3) is 3.81.